The fraction of sp³-hybridized carbons (Fsp3) is 0.194. The summed E-state index contributed by atoms with van der Waals surface area (Å²) in [6, 6.07) is 29.4. The fourth-order valence-electron chi connectivity index (χ4n) is 4.54. The van der Waals surface area contributed by atoms with Crippen LogP contribution in [0.4, 0.5) is 5.69 Å². The van der Waals surface area contributed by atoms with Crippen molar-refractivity contribution in [2.24, 2.45) is 0 Å². The Morgan fingerprint density at radius 1 is 0.878 bits per heavy atom. The first-order chi connectivity index (χ1) is 19.8. The number of nitrogens with one attached hydrogen (secondary N) is 1. The van der Waals surface area contributed by atoms with Gasteiger partial charge in [0.25, 0.3) is 10.0 Å². The molecular formula is C31H29NO7S2. The molecule has 212 valence electrons. The van der Waals surface area contributed by atoms with E-state index in [1.54, 1.807) is 60.7 Å². The number of aromatic carboxylic acids is 1. The Balaban J connectivity index is 1.39. The van der Waals surface area contributed by atoms with Crippen LogP contribution in [0.3, 0.4) is 0 Å². The van der Waals surface area contributed by atoms with Gasteiger partial charge in [0.15, 0.2) is 6.29 Å². The van der Waals surface area contributed by atoms with E-state index in [1.165, 1.54) is 23.9 Å². The lowest BCUT2D eigenvalue weighted by Gasteiger charge is -2.36. The molecule has 10 heteroatoms. The van der Waals surface area contributed by atoms with Gasteiger partial charge in [0.1, 0.15) is 0 Å². The minimum Gasteiger partial charge on any atom is -0.478 e. The first-order valence-corrected chi connectivity index (χ1v) is 15.4. The smallest absolute Gasteiger partial charge is 0.336 e. The number of thioether (sulfide) groups is 1. The van der Waals surface area contributed by atoms with E-state index in [2.05, 4.69) is 4.72 Å². The lowest BCUT2D eigenvalue weighted by atomic mass is 10.0. The van der Waals surface area contributed by atoms with E-state index in [-0.39, 0.29) is 29.3 Å². The summed E-state index contributed by atoms with van der Waals surface area (Å²) in [5.41, 5.74) is 2.94. The summed E-state index contributed by atoms with van der Waals surface area (Å²) in [6.07, 6.45) is -0.913. The highest BCUT2D eigenvalue weighted by molar-refractivity contribution is 7.99. The summed E-state index contributed by atoms with van der Waals surface area (Å²) in [5, 5.41) is 19.0. The van der Waals surface area contributed by atoms with Crippen molar-refractivity contribution in [1.29, 1.82) is 0 Å². The molecule has 0 aromatic heterocycles. The van der Waals surface area contributed by atoms with Crippen molar-refractivity contribution in [3.05, 3.63) is 125 Å². The Kier molecular flexibility index (Phi) is 9.06. The van der Waals surface area contributed by atoms with Crippen molar-refractivity contribution in [3.63, 3.8) is 0 Å². The van der Waals surface area contributed by atoms with Crippen LogP contribution < -0.4 is 4.72 Å². The quantitative estimate of drug-likeness (QED) is 0.192. The molecule has 0 amide bonds. The van der Waals surface area contributed by atoms with E-state index in [0.29, 0.717) is 28.3 Å². The van der Waals surface area contributed by atoms with E-state index < -0.39 is 22.3 Å². The first kappa shape index (κ1) is 28.8. The van der Waals surface area contributed by atoms with E-state index in [1.807, 2.05) is 30.3 Å². The Bertz CT molecular complexity index is 1590. The van der Waals surface area contributed by atoms with Crippen LogP contribution in [0.2, 0.25) is 0 Å². The summed E-state index contributed by atoms with van der Waals surface area (Å²) in [7, 11) is -3.79. The fourth-order valence-corrected chi connectivity index (χ4v) is 6.67. The highest BCUT2D eigenvalue weighted by Crippen LogP contribution is 2.40. The molecule has 1 heterocycles. The molecule has 0 aliphatic carbocycles. The minimum atomic E-state index is -3.79. The number of carboxylic acids is 1. The monoisotopic (exact) mass is 591 g/mol. The summed E-state index contributed by atoms with van der Waals surface area (Å²) in [6.45, 7) is -0.0640. The van der Waals surface area contributed by atoms with Gasteiger partial charge in [0, 0.05) is 28.3 Å². The third-order valence-electron chi connectivity index (χ3n) is 6.62. The van der Waals surface area contributed by atoms with Gasteiger partial charge < -0.3 is 19.7 Å². The molecule has 1 fully saturated rings. The Morgan fingerprint density at radius 3 is 2.34 bits per heavy atom. The molecule has 3 N–H and O–H groups in total. The number of anilines is 1. The second-order valence-electron chi connectivity index (χ2n) is 9.51. The highest BCUT2D eigenvalue weighted by Gasteiger charge is 2.32. The van der Waals surface area contributed by atoms with Gasteiger partial charge in [-0.2, -0.15) is 0 Å². The number of benzene rings is 4. The van der Waals surface area contributed by atoms with Crippen LogP contribution in [-0.4, -0.2) is 36.5 Å². The molecular weight excluding hydrogens is 562 g/mol. The molecule has 5 rings (SSSR count). The summed E-state index contributed by atoms with van der Waals surface area (Å²) < 4.78 is 41.1. The second kappa shape index (κ2) is 12.9. The van der Waals surface area contributed by atoms with Crippen LogP contribution in [0.1, 0.15) is 45.9 Å². The molecule has 0 saturated carbocycles. The molecule has 8 nitrogen and oxygen atoms in total. The highest BCUT2D eigenvalue weighted by atomic mass is 32.2. The third kappa shape index (κ3) is 7.16. The van der Waals surface area contributed by atoms with Gasteiger partial charge in [0.2, 0.25) is 0 Å². The van der Waals surface area contributed by atoms with Gasteiger partial charge in [-0.1, -0.05) is 66.7 Å². The molecule has 0 radical (unpaired) electrons. The first-order valence-electron chi connectivity index (χ1n) is 13.0. The third-order valence-corrected chi connectivity index (χ3v) is 9.22. The van der Waals surface area contributed by atoms with E-state index in [4.69, 9.17) is 9.47 Å². The van der Waals surface area contributed by atoms with Gasteiger partial charge >= 0.3 is 5.97 Å². The number of aliphatic hydroxyl groups excluding tert-OH is 1. The molecule has 0 spiro atoms. The number of ether oxygens (including phenoxy) is 2. The molecule has 0 bridgehead atoms. The van der Waals surface area contributed by atoms with Gasteiger partial charge in [-0.15, -0.1) is 11.8 Å². The molecule has 1 saturated heterocycles. The number of carboxylic acid groups (broad SMARTS) is 1. The minimum absolute atomic E-state index is 0.0640. The molecule has 0 unspecified atom stereocenters. The molecule has 41 heavy (non-hydrogen) atoms. The average molecular weight is 592 g/mol. The van der Waals surface area contributed by atoms with Crippen LogP contribution in [0.25, 0.3) is 0 Å². The predicted molar refractivity (Wildman–Crippen MR) is 156 cm³/mol. The molecule has 3 atom stereocenters. The van der Waals surface area contributed by atoms with Gasteiger partial charge in [-0.05, 0) is 47.5 Å². The lowest BCUT2D eigenvalue weighted by Crippen LogP contribution is -2.31. The molecule has 1 aliphatic rings. The van der Waals surface area contributed by atoms with Gasteiger partial charge in [0.05, 0.1) is 29.3 Å². The summed E-state index contributed by atoms with van der Waals surface area (Å²) in [4.78, 5) is 12.5. The molecule has 4 aromatic rings. The maximum Gasteiger partial charge on any atom is 0.336 e. The largest absolute Gasteiger partial charge is 0.478 e. The average Bonchev–Trinajstić information content (AvgIpc) is 3.00. The molecule has 1 aliphatic heterocycles. The van der Waals surface area contributed by atoms with E-state index in [0.717, 1.165) is 11.1 Å². The van der Waals surface area contributed by atoms with Crippen LogP contribution >= 0.6 is 11.8 Å². The van der Waals surface area contributed by atoms with Crippen LogP contribution in [0.5, 0.6) is 0 Å². The Morgan fingerprint density at radius 2 is 1.61 bits per heavy atom. The number of rotatable bonds is 10. The molecule has 4 aromatic carbocycles. The van der Waals surface area contributed by atoms with Crippen molar-refractivity contribution in [1.82, 2.24) is 0 Å². The number of hydrogen-bond acceptors (Lipinski definition) is 7. The topological polar surface area (TPSA) is 122 Å². The van der Waals surface area contributed by atoms with Crippen LogP contribution in [-0.2, 0) is 26.1 Å². The summed E-state index contributed by atoms with van der Waals surface area (Å²) >= 11 is 1.40. The Hall–Kier alpha value is -3.67. The van der Waals surface area contributed by atoms with Crippen LogP contribution in [0, 0.1) is 0 Å². The van der Waals surface area contributed by atoms with Crippen molar-refractivity contribution >= 4 is 33.4 Å². The second-order valence-corrected chi connectivity index (χ2v) is 12.3. The number of sulfonamides is 1. The standard InChI is InChI=1S/C31H29NO7S2/c33-19-21-13-15-22(16-14-21)28-18-25(20-40-29-12-5-4-11-27(29)30(34)35)38-31(39-28)23-7-6-8-24(17-23)32-41(36,37)26-9-2-1-3-10-26/h1-17,25,28,31-33H,18-20H2,(H,34,35)/t25-,28+,31+/m1/s1. The maximum atomic E-state index is 12.9. The van der Waals surface area contributed by atoms with Crippen LogP contribution in [0.15, 0.2) is 113 Å². The Labute approximate surface area is 243 Å². The zero-order valence-corrected chi connectivity index (χ0v) is 23.6. The normalized spacial score (nSPS) is 19.0. The lowest BCUT2D eigenvalue weighted by molar-refractivity contribution is -0.245. The van der Waals surface area contributed by atoms with E-state index >= 15 is 0 Å². The summed E-state index contributed by atoms with van der Waals surface area (Å²) in [5.74, 6) is -0.508. The maximum absolute atomic E-state index is 12.9. The number of carbonyl (C=O) groups is 1. The van der Waals surface area contributed by atoms with Crippen molar-refractivity contribution in [3.8, 4) is 0 Å². The zero-order chi connectivity index (χ0) is 28.8. The number of aliphatic hydroxyl groups is 1. The van der Waals surface area contributed by atoms with Gasteiger partial charge in [-0.3, -0.25) is 4.72 Å². The SMILES string of the molecule is O=C(O)c1ccccc1SC[C@H]1C[C@@H](c2ccc(CO)cc2)O[C@@H](c2cccc(NS(=O)(=O)c3ccccc3)c2)O1. The zero-order valence-electron chi connectivity index (χ0n) is 21.9. The van der Waals surface area contributed by atoms with Crippen molar-refractivity contribution in [2.75, 3.05) is 10.5 Å². The van der Waals surface area contributed by atoms with Gasteiger partial charge in [-0.25, -0.2) is 13.2 Å². The van der Waals surface area contributed by atoms with Crippen molar-refractivity contribution < 1.29 is 32.9 Å². The predicted octanol–water partition coefficient (Wildman–Crippen LogP) is 6.02. The number of hydrogen-bond donors (Lipinski definition) is 3. The van der Waals surface area contributed by atoms with Crippen molar-refractivity contribution in [2.45, 2.75) is 41.3 Å². The van der Waals surface area contributed by atoms with E-state index in [9.17, 15) is 23.4 Å².